The second-order valence-corrected chi connectivity index (χ2v) is 14.1. The number of halogens is 8. The Bertz CT molecular complexity index is 1810. The molecule has 2 atom stereocenters. The molecule has 284 valence electrons. The molecule has 3 aromatic rings. The number of likely N-dealkylation sites (tertiary alicyclic amines) is 1. The number of alkyl halides is 6. The minimum atomic E-state index is -4.64. The average Bonchev–Trinajstić information content (AvgIpc) is 3.52. The van der Waals surface area contributed by atoms with Crippen LogP contribution in [0.5, 0.6) is 5.75 Å². The van der Waals surface area contributed by atoms with Gasteiger partial charge in [0.2, 0.25) is 5.91 Å². The highest BCUT2D eigenvalue weighted by atomic mass is 35.5. The summed E-state index contributed by atoms with van der Waals surface area (Å²) in [5.41, 5.74) is 0.654. The average molecular weight is 785 g/mol. The molecular weight excluding hydrogens is 747 g/mol. The number of amides is 3. The van der Waals surface area contributed by atoms with Gasteiger partial charge in [-0.25, -0.2) is 4.79 Å². The largest absolute Gasteiger partial charge is 0.493 e. The summed E-state index contributed by atoms with van der Waals surface area (Å²) in [6.45, 7) is 2.81. The highest BCUT2D eigenvalue weighted by Gasteiger charge is 2.46. The molecule has 3 heterocycles. The lowest BCUT2D eigenvalue weighted by Gasteiger charge is -2.40. The molecule has 2 saturated heterocycles. The van der Waals surface area contributed by atoms with Gasteiger partial charge in [-0.2, -0.15) is 26.3 Å². The summed E-state index contributed by atoms with van der Waals surface area (Å²) in [5.74, 6) is -1.65. The predicted octanol–water partition coefficient (Wildman–Crippen LogP) is 8.49. The molecule has 0 saturated carbocycles. The lowest BCUT2D eigenvalue weighted by atomic mass is 9.93. The molecule has 3 aliphatic rings. The number of benzene rings is 3. The Balaban J connectivity index is 1.30. The number of nitrogens with zero attached hydrogens (tertiary/aromatic N) is 5. The van der Waals surface area contributed by atoms with Gasteiger partial charge >= 0.3 is 18.4 Å². The molecule has 0 aromatic heterocycles. The maximum absolute atomic E-state index is 14.8. The van der Waals surface area contributed by atoms with Gasteiger partial charge in [0.25, 0.3) is 0 Å². The van der Waals surface area contributed by atoms with E-state index in [1.165, 1.54) is 15.9 Å². The molecular formula is C37H37Cl2F6N5O3. The zero-order chi connectivity index (χ0) is 38.1. The fourth-order valence-corrected chi connectivity index (χ4v) is 7.26. The van der Waals surface area contributed by atoms with Gasteiger partial charge < -0.3 is 14.5 Å². The van der Waals surface area contributed by atoms with Gasteiger partial charge in [-0.05, 0) is 73.4 Å². The zero-order valence-electron chi connectivity index (χ0n) is 28.6. The third-order valence-corrected chi connectivity index (χ3v) is 10.4. The monoisotopic (exact) mass is 783 g/mol. The van der Waals surface area contributed by atoms with Crippen LogP contribution in [0.2, 0.25) is 10.0 Å². The van der Waals surface area contributed by atoms with Gasteiger partial charge in [0.1, 0.15) is 17.6 Å². The predicted molar refractivity (Wildman–Crippen MR) is 188 cm³/mol. The molecule has 0 radical (unpaired) electrons. The smallest absolute Gasteiger partial charge is 0.416 e. The summed E-state index contributed by atoms with van der Waals surface area (Å²) < 4.78 is 86.6. The van der Waals surface area contributed by atoms with E-state index >= 15 is 0 Å². The third kappa shape index (κ3) is 8.70. The normalized spacial score (nSPS) is 20.5. The van der Waals surface area contributed by atoms with Crippen LogP contribution in [-0.4, -0.2) is 96.0 Å². The van der Waals surface area contributed by atoms with E-state index in [1.807, 2.05) is 4.90 Å². The summed E-state index contributed by atoms with van der Waals surface area (Å²) >= 11 is 12.5. The second-order valence-electron chi connectivity index (χ2n) is 13.2. The van der Waals surface area contributed by atoms with E-state index < -0.39 is 41.9 Å². The summed E-state index contributed by atoms with van der Waals surface area (Å²) in [6, 6.07) is 15.0. The summed E-state index contributed by atoms with van der Waals surface area (Å²) in [6.07, 6.45) is -9.19. The Kier molecular flexibility index (Phi) is 11.5. The van der Waals surface area contributed by atoms with E-state index in [1.54, 1.807) is 60.4 Å². The quantitative estimate of drug-likeness (QED) is 0.226. The first kappa shape index (κ1) is 38.7. The van der Waals surface area contributed by atoms with Crippen LogP contribution >= 0.6 is 23.2 Å². The number of amidine groups is 1. The number of aliphatic imine (C=N–C) groups is 1. The molecule has 16 heteroatoms. The van der Waals surface area contributed by atoms with E-state index in [9.17, 15) is 35.9 Å². The summed E-state index contributed by atoms with van der Waals surface area (Å²) in [5, 5.41) is 0.945. The second kappa shape index (κ2) is 15.8. The topological polar surface area (TPSA) is 68.7 Å². The first-order valence-electron chi connectivity index (χ1n) is 17.2. The number of piperidine rings is 1. The van der Waals surface area contributed by atoms with Crippen molar-refractivity contribution < 1.29 is 40.7 Å². The Morgan fingerprint density at radius 2 is 1.38 bits per heavy atom. The van der Waals surface area contributed by atoms with Crippen molar-refractivity contribution in [3.05, 3.63) is 99.0 Å². The van der Waals surface area contributed by atoms with Crippen LogP contribution in [-0.2, 0) is 11.0 Å². The highest BCUT2D eigenvalue weighted by Crippen LogP contribution is 2.46. The van der Waals surface area contributed by atoms with Crippen molar-refractivity contribution in [2.75, 3.05) is 52.4 Å². The molecule has 6 rings (SSSR count). The van der Waals surface area contributed by atoms with E-state index in [-0.39, 0.29) is 75.2 Å². The number of piperazine rings is 1. The van der Waals surface area contributed by atoms with E-state index in [0.29, 0.717) is 34.3 Å². The number of hydrogen-bond donors (Lipinski definition) is 0. The lowest BCUT2D eigenvalue weighted by molar-refractivity contribution is -0.186. The lowest BCUT2D eigenvalue weighted by Crippen LogP contribution is -2.55. The molecule has 3 aliphatic heterocycles. The van der Waals surface area contributed by atoms with Crippen molar-refractivity contribution >= 4 is 41.0 Å². The molecule has 0 N–H and O–H groups in total. The van der Waals surface area contributed by atoms with Crippen LogP contribution < -0.4 is 4.74 Å². The first-order chi connectivity index (χ1) is 25.1. The van der Waals surface area contributed by atoms with Crippen molar-refractivity contribution in [2.24, 2.45) is 10.9 Å². The number of ether oxygens (including phenoxy) is 1. The molecule has 3 aromatic carbocycles. The van der Waals surface area contributed by atoms with Gasteiger partial charge in [0.05, 0.1) is 36.2 Å². The minimum Gasteiger partial charge on any atom is -0.493 e. The maximum atomic E-state index is 14.8. The van der Waals surface area contributed by atoms with Crippen molar-refractivity contribution in [1.29, 1.82) is 0 Å². The molecule has 8 nitrogen and oxygen atoms in total. The van der Waals surface area contributed by atoms with Crippen molar-refractivity contribution in [3.8, 4) is 5.75 Å². The van der Waals surface area contributed by atoms with Crippen LogP contribution in [0.25, 0.3) is 0 Å². The summed E-state index contributed by atoms with van der Waals surface area (Å²) in [4.78, 5) is 39.2. The van der Waals surface area contributed by atoms with Crippen molar-refractivity contribution in [2.45, 2.75) is 44.2 Å². The molecule has 0 bridgehead atoms. The number of carbonyl (C=O) groups is 2. The van der Waals surface area contributed by atoms with E-state index in [0.717, 1.165) is 12.1 Å². The van der Waals surface area contributed by atoms with E-state index in [2.05, 4.69) is 0 Å². The van der Waals surface area contributed by atoms with Crippen molar-refractivity contribution in [3.63, 3.8) is 0 Å². The molecule has 53 heavy (non-hydrogen) atoms. The number of hydrogen-bond acceptors (Lipinski definition) is 5. The molecule has 0 spiro atoms. The Hall–Kier alpha value is -4.01. The van der Waals surface area contributed by atoms with Gasteiger partial charge in [0, 0.05) is 49.3 Å². The van der Waals surface area contributed by atoms with Crippen LogP contribution in [0.4, 0.5) is 31.1 Å². The number of urea groups is 1. The number of carbonyl (C=O) groups excluding carboxylic acids is 2. The van der Waals surface area contributed by atoms with Gasteiger partial charge in [-0.15, -0.1) is 0 Å². The molecule has 2 fully saturated rings. The Morgan fingerprint density at radius 1 is 0.792 bits per heavy atom. The van der Waals surface area contributed by atoms with Gasteiger partial charge in [-0.3, -0.25) is 19.6 Å². The van der Waals surface area contributed by atoms with Crippen LogP contribution in [0.1, 0.15) is 54.1 Å². The zero-order valence-corrected chi connectivity index (χ0v) is 30.2. The highest BCUT2D eigenvalue weighted by molar-refractivity contribution is 6.30. The van der Waals surface area contributed by atoms with Crippen molar-refractivity contribution in [1.82, 2.24) is 19.6 Å². The summed E-state index contributed by atoms with van der Waals surface area (Å²) in [7, 11) is 0. The van der Waals surface area contributed by atoms with Crippen LogP contribution in [0.15, 0.2) is 71.7 Å². The molecule has 3 amide bonds. The number of rotatable bonds is 7. The Morgan fingerprint density at radius 3 is 1.92 bits per heavy atom. The molecule has 2 unspecified atom stereocenters. The standard InChI is InChI=1S/C37H37Cl2F6N5O3/c1-2-53-30-21-26(37(43,44)45)7-12-29(30)34-46-32(23-3-8-27(38)9-4-23)33(24-5-10-28(39)11-6-24)50(34)35(52)49-19-17-47(18-20-49)22-31(51)48-15-13-25(14-16-48)36(40,41)42/h3-12,21,25,32-33H,2,13-20,22H2,1H3. The fraction of sp³-hybridized carbons (Fsp3) is 0.432. The van der Waals surface area contributed by atoms with Crippen LogP contribution in [0, 0.1) is 5.92 Å². The SMILES string of the molecule is CCOc1cc(C(F)(F)F)ccc1C1=NC(c2ccc(Cl)cc2)C(c2ccc(Cl)cc2)N1C(=O)N1CCN(CC(=O)N2CCC(C(F)(F)F)CC2)CC1. The minimum absolute atomic E-state index is 0.00441. The first-order valence-corrected chi connectivity index (χ1v) is 18.0. The molecule has 0 aliphatic carbocycles. The van der Waals surface area contributed by atoms with Crippen LogP contribution in [0.3, 0.4) is 0 Å². The van der Waals surface area contributed by atoms with E-state index in [4.69, 9.17) is 32.9 Å². The Labute approximate surface area is 312 Å². The fourth-order valence-electron chi connectivity index (χ4n) is 7.01. The third-order valence-electron chi connectivity index (χ3n) is 9.86. The maximum Gasteiger partial charge on any atom is 0.416 e. The van der Waals surface area contributed by atoms with Gasteiger partial charge in [0.15, 0.2) is 0 Å². The van der Waals surface area contributed by atoms with Gasteiger partial charge in [-0.1, -0.05) is 47.5 Å².